The lowest BCUT2D eigenvalue weighted by Crippen LogP contribution is -2.11. The van der Waals surface area contributed by atoms with Gasteiger partial charge in [-0.2, -0.15) is 0 Å². The average Bonchev–Trinajstić information content (AvgIpc) is 2.33. The highest BCUT2D eigenvalue weighted by Crippen LogP contribution is 2.34. The molecule has 2 rings (SSSR count). The van der Waals surface area contributed by atoms with Crippen LogP contribution in [0.15, 0.2) is 22.7 Å². The van der Waals surface area contributed by atoms with Crippen LogP contribution < -0.4 is 0 Å². The van der Waals surface area contributed by atoms with Crippen LogP contribution in [-0.4, -0.2) is 5.11 Å². The fraction of sp³-hybridized carbons (Fsp3) is 0.571. The predicted octanol–water partition coefficient (Wildman–Crippen LogP) is 4.59. The monoisotopic (exact) mass is 300 g/mol. The van der Waals surface area contributed by atoms with Gasteiger partial charge >= 0.3 is 0 Å². The molecule has 17 heavy (non-hydrogen) atoms. The fourth-order valence-corrected chi connectivity index (χ4v) is 3.15. The molecule has 1 N–H and O–H groups in total. The Kier molecular flexibility index (Phi) is 4.57. The van der Waals surface area contributed by atoms with Crippen molar-refractivity contribution in [3.63, 3.8) is 0 Å². The van der Waals surface area contributed by atoms with Crippen LogP contribution >= 0.6 is 15.9 Å². The molecule has 94 valence electrons. The Labute approximate surface area is 110 Å². The van der Waals surface area contributed by atoms with Gasteiger partial charge in [-0.3, -0.25) is 0 Å². The van der Waals surface area contributed by atoms with Gasteiger partial charge in [-0.1, -0.05) is 48.0 Å². The number of aliphatic hydroxyl groups is 1. The highest BCUT2D eigenvalue weighted by Gasteiger charge is 2.20. The lowest BCUT2D eigenvalue weighted by atomic mass is 9.84. The van der Waals surface area contributed by atoms with Crippen LogP contribution in [0.2, 0.25) is 0 Å². The highest BCUT2D eigenvalue weighted by molar-refractivity contribution is 9.10. The largest absolute Gasteiger partial charge is 0.388 e. The minimum absolute atomic E-state index is 0.286. The summed E-state index contributed by atoms with van der Waals surface area (Å²) in [6.07, 6.45) is 6.44. The number of aliphatic hydroxyl groups excluding tert-OH is 1. The van der Waals surface area contributed by atoms with Crippen molar-refractivity contribution in [2.24, 2.45) is 5.92 Å². The van der Waals surface area contributed by atoms with Gasteiger partial charge in [0.05, 0.1) is 6.10 Å². The molecule has 1 aromatic rings. The summed E-state index contributed by atoms with van der Waals surface area (Å²) in [5, 5.41) is 10.2. The Balaban J connectivity index is 2.02. The Morgan fingerprint density at radius 2 is 2.00 bits per heavy atom. The van der Waals surface area contributed by atoms with Crippen molar-refractivity contribution in [2.45, 2.75) is 44.6 Å². The molecule has 0 spiro atoms. The van der Waals surface area contributed by atoms with E-state index in [0.29, 0.717) is 11.5 Å². The zero-order chi connectivity index (χ0) is 12.3. The number of hydrogen-bond acceptors (Lipinski definition) is 1. The van der Waals surface area contributed by atoms with Crippen LogP contribution in [0.1, 0.15) is 50.2 Å². The molecule has 1 aromatic carbocycles. The zero-order valence-corrected chi connectivity index (χ0v) is 11.4. The molecule has 1 fully saturated rings. The maximum atomic E-state index is 13.2. The van der Waals surface area contributed by atoms with Gasteiger partial charge < -0.3 is 5.11 Å². The fourth-order valence-electron chi connectivity index (χ4n) is 2.64. The molecule has 1 saturated carbocycles. The SMILES string of the molecule is OC(CC1CCCCC1)c1cc(F)ccc1Br. The predicted molar refractivity (Wildman–Crippen MR) is 70.3 cm³/mol. The lowest BCUT2D eigenvalue weighted by molar-refractivity contribution is 0.130. The number of rotatable bonds is 3. The van der Waals surface area contributed by atoms with E-state index >= 15 is 0 Å². The van der Waals surface area contributed by atoms with Crippen molar-refractivity contribution < 1.29 is 9.50 Å². The summed E-state index contributed by atoms with van der Waals surface area (Å²) in [4.78, 5) is 0. The summed E-state index contributed by atoms with van der Waals surface area (Å²) in [6.45, 7) is 0. The van der Waals surface area contributed by atoms with Gasteiger partial charge in [0.15, 0.2) is 0 Å². The second-order valence-corrected chi connectivity index (χ2v) is 5.78. The van der Waals surface area contributed by atoms with Gasteiger partial charge in [0.25, 0.3) is 0 Å². The molecule has 1 unspecified atom stereocenters. The van der Waals surface area contributed by atoms with Crippen molar-refractivity contribution in [1.82, 2.24) is 0 Å². The van der Waals surface area contributed by atoms with E-state index in [4.69, 9.17) is 0 Å². The van der Waals surface area contributed by atoms with E-state index in [-0.39, 0.29) is 5.82 Å². The Morgan fingerprint density at radius 3 is 2.71 bits per heavy atom. The van der Waals surface area contributed by atoms with Gasteiger partial charge in [-0.05, 0) is 36.1 Å². The Morgan fingerprint density at radius 1 is 1.29 bits per heavy atom. The quantitative estimate of drug-likeness (QED) is 0.865. The molecule has 0 radical (unpaired) electrons. The summed E-state index contributed by atoms with van der Waals surface area (Å²) in [6, 6.07) is 4.49. The van der Waals surface area contributed by atoms with Crippen LogP contribution in [0.5, 0.6) is 0 Å². The topological polar surface area (TPSA) is 20.2 Å². The second kappa shape index (κ2) is 5.96. The molecule has 1 aliphatic rings. The first-order valence-corrected chi connectivity index (χ1v) is 7.09. The van der Waals surface area contributed by atoms with Crippen molar-refractivity contribution in [3.05, 3.63) is 34.1 Å². The number of benzene rings is 1. The van der Waals surface area contributed by atoms with Gasteiger partial charge in [-0.15, -0.1) is 0 Å². The molecule has 0 bridgehead atoms. The second-order valence-electron chi connectivity index (χ2n) is 4.92. The normalized spacial score (nSPS) is 19.2. The maximum Gasteiger partial charge on any atom is 0.123 e. The summed E-state index contributed by atoms with van der Waals surface area (Å²) in [5.74, 6) is 0.305. The van der Waals surface area contributed by atoms with E-state index in [0.717, 1.165) is 10.9 Å². The number of halogens is 2. The minimum Gasteiger partial charge on any atom is -0.388 e. The van der Waals surface area contributed by atoms with Gasteiger partial charge in [0, 0.05) is 4.47 Å². The van der Waals surface area contributed by atoms with Crippen LogP contribution in [-0.2, 0) is 0 Å². The zero-order valence-electron chi connectivity index (χ0n) is 9.83. The van der Waals surface area contributed by atoms with Crippen molar-refractivity contribution in [2.75, 3.05) is 0 Å². The summed E-state index contributed by atoms with van der Waals surface area (Å²) < 4.78 is 13.9. The first kappa shape index (κ1) is 13.0. The van der Waals surface area contributed by atoms with Crippen LogP contribution in [0.25, 0.3) is 0 Å². The molecule has 0 saturated heterocycles. The molecule has 0 amide bonds. The third-order valence-electron chi connectivity index (χ3n) is 3.60. The molecule has 1 nitrogen and oxygen atoms in total. The molecule has 0 aliphatic heterocycles. The van der Waals surface area contributed by atoms with Gasteiger partial charge in [0.2, 0.25) is 0 Å². The van der Waals surface area contributed by atoms with E-state index in [9.17, 15) is 9.50 Å². The highest BCUT2D eigenvalue weighted by atomic mass is 79.9. The van der Waals surface area contributed by atoms with Crippen molar-refractivity contribution in [1.29, 1.82) is 0 Å². The van der Waals surface area contributed by atoms with Crippen molar-refractivity contribution in [3.8, 4) is 0 Å². The van der Waals surface area contributed by atoms with Crippen LogP contribution in [0, 0.1) is 11.7 Å². The van der Waals surface area contributed by atoms with Gasteiger partial charge in [-0.25, -0.2) is 4.39 Å². The van der Waals surface area contributed by atoms with E-state index in [2.05, 4.69) is 15.9 Å². The summed E-state index contributed by atoms with van der Waals surface area (Å²) in [7, 11) is 0. The van der Waals surface area contributed by atoms with Crippen LogP contribution in [0.4, 0.5) is 4.39 Å². The Hall–Kier alpha value is -0.410. The standard InChI is InChI=1S/C14H18BrFO/c15-13-7-6-11(16)9-12(13)14(17)8-10-4-2-1-3-5-10/h6-7,9-10,14,17H,1-5,8H2. The van der Waals surface area contributed by atoms with Gasteiger partial charge in [0.1, 0.15) is 5.82 Å². The maximum absolute atomic E-state index is 13.2. The van der Waals surface area contributed by atoms with Crippen molar-refractivity contribution >= 4 is 15.9 Å². The van der Waals surface area contributed by atoms with E-state index in [1.165, 1.54) is 44.2 Å². The first-order valence-electron chi connectivity index (χ1n) is 6.30. The average molecular weight is 301 g/mol. The lowest BCUT2D eigenvalue weighted by Gasteiger charge is -2.24. The van der Waals surface area contributed by atoms with E-state index in [1.54, 1.807) is 6.07 Å². The third kappa shape index (κ3) is 3.52. The molecule has 0 aromatic heterocycles. The number of hydrogen-bond donors (Lipinski definition) is 1. The summed E-state index contributed by atoms with van der Waals surface area (Å²) in [5.41, 5.74) is 0.676. The molecule has 1 atom stereocenters. The minimum atomic E-state index is -0.553. The van der Waals surface area contributed by atoms with Crippen LogP contribution in [0.3, 0.4) is 0 Å². The molecule has 1 aliphatic carbocycles. The molecular formula is C14H18BrFO. The first-order chi connectivity index (χ1) is 8.16. The Bertz CT molecular complexity index is 374. The third-order valence-corrected chi connectivity index (χ3v) is 4.32. The van der Waals surface area contributed by atoms with E-state index < -0.39 is 6.10 Å². The molecular weight excluding hydrogens is 283 g/mol. The smallest absolute Gasteiger partial charge is 0.123 e. The van der Waals surface area contributed by atoms with E-state index in [1.807, 2.05) is 0 Å². The summed E-state index contributed by atoms with van der Waals surface area (Å²) >= 11 is 3.37. The molecule has 3 heteroatoms. The molecule has 0 heterocycles.